The smallest absolute Gasteiger partial charge is 0.475 e. The van der Waals surface area contributed by atoms with E-state index in [-0.39, 0.29) is 18.9 Å². The zero-order valence-corrected chi connectivity index (χ0v) is 16.2. The maximum Gasteiger partial charge on any atom is 0.475 e. The van der Waals surface area contributed by atoms with E-state index in [9.17, 15) is 19.6 Å². The van der Waals surface area contributed by atoms with Gasteiger partial charge in [0.25, 0.3) is 5.91 Å². The molecule has 1 aliphatic heterocycles. The summed E-state index contributed by atoms with van der Waals surface area (Å²) in [4.78, 5) is 30.5. The number of benzene rings is 1. The van der Waals surface area contributed by atoms with Crippen LogP contribution in [0.25, 0.3) is 0 Å². The van der Waals surface area contributed by atoms with Gasteiger partial charge in [0.1, 0.15) is 5.75 Å². The average Bonchev–Trinajstić information content (AvgIpc) is 3.14. The molecular weight excluding hydrogens is 365 g/mol. The van der Waals surface area contributed by atoms with Crippen LogP contribution in [0.15, 0.2) is 29.4 Å². The van der Waals surface area contributed by atoms with Crippen LogP contribution in [0.5, 0.6) is 5.75 Å². The Kier molecular flexibility index (Phi) is 7.83. The quantitative estimate of drug-likeness (QED) is 0.391. The summed E-state index contributed by atoms with van der Waals surface area (Å²) in [5, 5.41) is 25.4. The van der Waals surface area contributed by atoms with E-state index in [0.717, 1.165) is 0 Å². The number of amides is 2. The van der Waals surface area contributed by atoms with Crippen LogP contribution in [0.4, 0.5) is 5.69 Å². The van der Waals surface area contributed by atoms with E-state index in [0.29, 0.717) is 30.0 Å². The molecule has 28 heavy (non-hydrogen) atoms. The van der Waals surface area contributed by atoms with Crippen molar-refractivity contribution in [3.05, 3.63) is 24.3 Å². The van der Waals surface area contributed by atoms with Crippen molar-refractivity contribution in [1.82, 2.24) is 5.32 Å². The monoisotopic (exact) mass is 391 g/mol. The highest BCUT2D eigenvalue weighted by atomic mass is 16.6. The summed E-state index contributed by atoms with van der Waals surface area (Å²) in [6, 6.07) is 7.06. The third kappa shape index (κ3) is 5.70. The van der Waals surface area contributed by atoms with Crippen LogP contribution in [0.3, 0.4) is 0 Å². The number of oxime groups is 1. The number of methoxy groups -OCH3 is 1. The van der Waals surface area contributed by atoms with E-state index in [2.05, 4.69) is 10.5 Å². The average molecular weight is 391 g/mol. The van der Waals surface area contributed by atoms with Crippen LogP contribution < -0.4 is 15.0 Å². The lowest BCUT2D eigenvalue weighted by Crippen LogP contribution is -2.50. The van der Waals surface area contributed by atoms with Gasteiger partial charge in [-0.2, -0.15) is 0 Å². The number of para-hydroxylation sites is 2. The fourth-order valence-corrected chi connectivity index (χ4v) is 2.94. The van der Waals surface area contributed by atoms with Gasteiger partial charge in [-0.1, -0.05) is 31.1 Å². The van der Waals surface area contributed by atoms with E-state index in [1.165, 1.54) is 12.0 Å². The normalized spacial score (nSPS) is 16.8. The number of nitrogens with one attached hydrogen (secondary N) is 1. The third-order valence-electron chi connectivity index (χ3n) is 4.31. The molecule has 1 aromatic carbocycles. The Hall–Kier alpha value is -2.59. The molecule has 10 heteroatoms. The summed E-state index contributed by atoms with van der Waals surface area (Å²) >= 11 is 0. The molecule has 0 saturated carbocycles. The Morgan fingerprint density at radius 1 is 1.46 bits per heavy atom. The molecule has 0 aliphatic carbocycles. The van der Waals surface area contributed by atoms with Gasteiger partial charge in [-0.3, -0.25) is 9.59 Å². The fourth-order valence-electron chi connectivity index (χ4n) is 2.94. The van der Waals surface area contributed by atoms with Gasteiger partial charge in [0.15, 0.2) is 0 Å². The molecule has 0 spiro atoms. The molecule has 1 aromatic rings. The molecule has 0 aromatic heterocycles. The van der Waals surface area contributed by atoms with Crippen LogP contribution in [0, 0.1) is 5.92 Å². The Labute approximate surface area is 164 Å². The number of hydrogen-bond donors (Lipinski definition) is 3. The van der Waals surface area contributed by atoms with E-state index in [1.54, 1.807) is 24.3 Å². The zero-order chi connectivity index (χ0) is 20.7. The summed E-state index contributed by atoms with van der Waals surface area (Å²) in [6.07, 6.45) is 0.390. The van der Waals surface area contributed by atoms with Crippen molar-refractivity contribution < 1.29 is 29.2 Å². The number of ether oxygens (including phenoxy) is 1. The second kappa shape index (κ2) is 10.1. The van der Waals surface area contributed by atoms with E-state index < -0.39 is 25.1 Å². The van der Waals surface area contributed by atoms with Gasteiger partial charge < -0.3 is 29.8 Å². The summed E-state index contributed by atoms with van der Waals surface area (Å²) in [5.74, 6) is -0.560. The van der Waals surface area contributed by atoms with Crippen molar-refractivity contribution in [1.29, 1.82) is 0 Å². The number of carbonyl (C=O) groups is 2. The zero-order valence-electron chi connectivity index (χ0n) is 16.2. The highest BCUT2D eigenvalue weighted by molar-refractivity contribution is 6.43. The van der Waals surface area contributed by atoms with Gasteiger partial charge in [-0.25, -0.2) is 0 Å². The van der Waals surface area contributed by atoms with Crippen LogP contribution >= 0.6 is 0 Å². The summed E-state index contributed by atoms with van der Waals surface area (Å²) < 4.78 is 5.27. The van der Waals surface area contributed by atoms with Crippen molar-refractivity contribution in [3.8, 4) is 5.75 Å². The van der Waals surface area contributed by atoms with Crippen molar-refractivity contribution in [2.24, 2.45) is 11.1 Å². The summed E-state index contributed by atoms with van der Waals surface area (Å²) in [6.45, 7) is 3.98. The van der Waals surface area contributed by atoms with Crippen LogP contribution in [0.2, 0.25) is 0 Å². The number of carbonyl (C=O) groups excluding carboxylic acids is 2. The number of nitrogens with zero attached hydrogens (tertiary/aromatic N) is 2. The van der Waals surface area contributed by atoms with Gasteiger partial charge in [-0.05, 0) is 24.5 Å². The van der Waals surface area contributed by atoms with Crippen molar-refractivity contribution in [2.45, 2.75) is 38.7 Å². The molecule has 0 bridgehead atoms. The predicted octanol–water partition coefficient (Wildman–Crippen LogP) is 0.346. The lowest BCUT2D eigenvalue weighted by molar-refractivity contribution is -0.131. The van der Waals surface area contributed by atoms with Gasteiger partial charge in [0.2, 0.25) is 12.5 Å². The van der Waals surface area contributed by atoms with Gasteiger partial charge in [0, 0.05) is 6.42 Å². The molecule has 0 fully saturated rings. The third-order valence-corrected chi connectivity index (χ3v) is 4.31. The molecule has 152 valence electrons. The first kappa shape index (κ1) is 21.7. The number of anilines is 1. The van der Waals surface area contributed by atoms with Gasteiger partial charge in [-0.15, -0.1) is 0 Å². The lowest BCUT2D eigenvalue weighted by Gasteiger charge is -2.21. The Morgan fingerprint density at radius 3 is 2.79 bits per heavy atom. The standard InChI is InChI=1S/C18H26BN3O6/c1-12(2)8-17(19(25)26)20-18(24)16-9-13(21-28-16)10-22(11-23)14-6-4-5-7-15(14)27-3/h4-7,11-12,16-17,25-26H,8-10H2,1-3H3,(H,20,24)/t16?,17-/m0/s1. The molecule has 3 N–H and O–H groups in total. The highest BCUT2D eigenvalue weighted by Gasteiger charge is 2.33. The van der Waals surface area contributed by atoms with Crippen LogP contribution in [0.1, 0.15) is 26.7 Å². The molecule has 2 rings (SSSR count). The van der Waals surface area contributed by atoms with Crippen molar-refractivity contribution in [2.75, 3.05) is 18.6 Å². The first-order chi connectivity index (χ1) is 13.3. The molecule has 0 saturated heterocycles. The van der Waals surface area contributed by atoms with Crippen LogP contribution in [-0.2, 0) is 14.4 Å². The number of rotatable bonds is 10. The van der Waals surface area contributed by atoms with E-state index in [1.807, 2.05) is 13.8 Å². The molecule has 1 unspecified atom stereocenters. The molecular formula is C18H26BN3O6. The van der Waals surface area contributed by atoms with E-state index in [4.69, 9.17) is 9.57 Å². The molecule has 9 nitrogen and oxygen atoms in total. The minimum Gasteiger partial charge on any atom is -0.495 e. The first-order valence-corrected chi connectivity index (χ1v) is 9.08. The van der Waals surface area contributed by atoms with Crippen molar-refractivity contribution >= 4 is 30.8 Å². The summed E-state index contributed by atoms with van der Waals surface area (Å²) in [7, 11) is -0.147. The highest BCUT2D eigenvalue weighted by Crippen LogP contribution is 2.27. The Morgan fingerprint density at radius 2 is 2.18 bits per heavy atom. The van der Waals surface area contributed by atoms with E-state index >= 15 is 0 Å². The molecule has 0 radical (unpaired) electrons. The Bertz CT molecular complexity index is 712. The maximum absolute atomic E-state index is 12.4. The minimum atomic E-state index is -1.66. The second-order valence-corrected chi connectivity index (χ2v) is 7.02. The fraction of sp³-hybridized carbons (Fsp3) is 0.500. The second-order valence-electron chi connectivity index (χ2n) is 7.02. The number of hydrogen-bond acceptors (Lipinski definition) is 7. The topological polar surface area (TPSA) is 121 Å². The van der Waals surface area contributed by atoms with Crippen molar-refractivity contribution in [3.63, 3.8) is 0 Å². The SMILES string of the molecule is COc1ccccc1N(C=O)CC1=NOC(C(=O)N[C@@H](CC(C)C)B(O)O)C1. The van der Waals surface area contributed by atoms with Crippen LogP contribution in [-0.4, -0.2) is 60.9 Å². The summed E-state index contributed by atoms with van der Waals surface area (Å²) in [5.41, 5.74) is 1.10. The molecule has 1 heterocycles. The molecule has 2 atom stereocenters. The minimum absolute atomic E-state index is 0.145. The Balaban J connectivity index is 1.96. The molecule has 2 amide bonds. The predicted molar refractivity (Wildman–Crippen MR) is 105 cm³/mol. The van der Waals surface area contributed by atoms with Gasteiger partial charge >= 0.3 is 7.12 Å². The lowest BCUT2D eigenvalue weighted by atomic mass is 9.75. The largest absolute Gasteiger partial charge is 0.495 e. The van der Waals surface area contributed by atoms with Gasteiger partial charge in [0.05, 0.1) is 31.0 Å². The maximum atomic E-state index is 12.4. The first-order valence-electron chi connectivity index (χ1n) is 9.08. The molecule has 1 aliphatic rings.